The molecule has 3 aromatic carbocycles. The number of hydrogen-bond donors (Lipinski definition) is 0. The van der Waals surface area contributed by atoms with Crippen molar-refractivity contribution in [3.63, 3.8) is 0 Å². The summed E-state index contributed by atoms with van der Waals surface area (Å²) < 4.78 is 15.7. The minimum Gasteiger partial charge on any atom is -0.497 e. The molecule has 3 rings (SSSR count). The molecule has 136 valence electrons. The van der Waals surface area contributed by atoms with Crippen molar-refractivity contribution in [2.75, 3.05) is 14.2 Å². The van der Waals surface area contributed by atoms with Crippen LogP contribution in [-0.2, 0) is 4.74 Å². The maximum absolute atomic E-state index is 11.5. The predicted molar refractivity (Wildman–Crippen MR) is 106 cm³/mol. The molecule has 0 aliphatic heterocycles. The quantitative estimate of drug-likeness (QED) is 0.433. The van der Waals surface area contributed by atoms with Gasteiger partial charge in [0.25, 0.3) is 0 Å². The van der Waals surface area contributed by atoms with Gasteiger partial charge in [0.15, 0.2) is 0 Å². The second kappa shape index (κ2) is 8.72. The Hall–Kier alpha value is -3.53. The van der Waals surface area contributed by atoms with Crippen molar-refractivity contribution >= 4 is 18.1 Å². The van der Waals surface area contributed by atoms with Crippen LogP contribution in [0.2, 0.25) is 0 Å². The Morgan fingerprint density at radius 3 is 2.07 bits per heavy atom. The number of hydrogen-bond acceptors (Lipinski definition) is 4. The topological polar surface area (TPSA) is 44.8 Å². The minimum atomic E-state index is -0.339. The van der Waals surface area contributed by atoms with Crippen LogP contribution < -0.4 is 9.47 Å². The zero-order valence-electron chi connectivity index (χ0n) is 15.2. The van der Waals surface area contributed by atoms with Gasteiger partial charge in [-0.25, -0.2) is 4.79 Å². The van der Waals surface area contributed by atoms with Crippen LogP contribution in [0, 0.1) is 0 Å². The van der Waals surface area contributed by atoms with Gasteiger partial charge < -0.3 is 14.2 Å². The highest BCUT2D eigenvalue weighted by Gasteiger charge is 2.03. The lowest BCUT2D eigenvalue weighted by Crippen LogP contribution is -2.00. The predicted octanol–water partition coefficient (Wildman–Crippen LogP) is 5.44. The molecule has 3 aromatic rings. The van der Waals surface area contributed by atoms with Gasteiger partial charge in [0, 0.05) is 0 Å². The number of esters is 1. The van der Waals surface area contributed by atoms with Gasteiger partial charge in [-0.05, 0) is 59.7 Å². The lowest BCUT2D eigenvalue weighted by Gasteiger charge is -2.07. The van der Waals surface area contributed by atoms with Gasteiger partial charge >= 0.3 is 5.97 Å². The van der Waals surface area contributed by atoms with Crippen LogP contribution in [0.3, 0.4) is 0 Å². The molecule has 0 unspecified atom stereocenters. The van der Waals surface area contributed by atoms with E-state index < -0.39 is 0 Å². The van der Waals surface area contributed by atoms with Gasteiger partial charge in [0.05, 0.1) is 19.8 Å². The Bertz CT molecular complexity index is 925. The highest BCUT2D eigenvalue weighted by Crippen LogP contribution is 2.25. The van der Waals surface area contributed by atoms with Crippen LogP contribution in [0.25, 0.3) is 12.2 Å². The van der Waals surface area contributed by atoms with Gasteiger partial charge in [-0.15, -0.1) is 0 Å². The third-order valence-electron chi connectivity index (χ3n) is 3.95. The molecule has 4 heteroatoms. The largest absolute Gasteiger partial charge is 0.497 e. The van der Waals surface area contributed by atoms with Crippen LogP contribution in [0.5, 0.6) is 17.2 Å². The molecule has 0 N–H and O–H groups in total. The number of carbonyl (C=O) groups excluding carboxylic acids is 1. The fourth-order valence-electron chi connectivity index (χ4n) is 2.50. The maximum Gasteiger partial charge on any atom is 0.337 e. The fourth-order valence-corrected chi connectivity index (χ4v) is 2.50. The van der Waals surface area contributed by atoms with Crippen molar-refractivity contribution in [1.29, 1.82) is 0 Å². The molecule has 27 heavy (non-hydrogen) atoms. The summed E-state index contributed by atoms with van der Waals surface area (Å²) in [5.74, 6) is 1.95. The molecule has 0 saturated heterocycles. The number of carbonyl (C=O) groups is 1. The fraction of sp³-hybridized carbons (Fsp3) is 0.0870. The number of rotatable bonds is 6. The average molecular weight is 360 g/mol. The van der Waals surface area contributed by atoms with Gasteiger partial charge in [0.2, 0.25) is 0 Å². The Morgan fingerprint density at radius 2 is 1.41 bits per heavy atom. The normalized spacial score (nSPS) is 10.6. The first kappa shape index (κ1) is 18.3. The Morgan fingerprint density at radius 1 is 0.741 bits per heavy atom. The summed E-state index contributed by atoms with van der Waals surface area (Å²) in [6, 6.07) is 22.5. The molecule has 0 saturated carbocycles. The van der Waals surface area contributed by atoms with Gasteiger partial charge in [-0.1, -0.05) is 36.4 Å². The van der Waals surface area contributed by atoms with Crippen LogP contribution in [0.1, 0.15) is 21.5 Å². The van der Waals surface area contributed by atoms with Crippen molar-refractivity contribution in [1.82, 2.24) is 0 Å². The van der Waals surface area contributed by atoms with Crippen molar-refractivity contribution in [2.45, 2.75) is 0 Å². The highest BCUT2D eigenvalue weighted by atomic mass is 16.5. The van der Waals surface area contributed by atoms with E-state index in [9.17, 15) is 4.79 Å². The van der Waals surface area contributed by atoms with E-state index in [1.165, 1.54) is 7.11 Å². The Kier molecular flexibility index (Phi) is 5.90. The molecule has 0 aliphatic carbocycles. The molecule has 0 aliphatic rings. The molecule has 0 aromatic heterocycles. The SMILES string of the molecule is COC(=O)c1ccc(C=Cc2cccc(Oc3ccc(OC)cc3)c2)cc1. The van der Waals surface area contributed by atoms with Gasteiger partial charge in [0.1, 0.15) is 17.2 Å². The second-order valence-corrected chi connectivity index (χ2v) is 5.80. The molecule has 0 atom stereocenters. The summed E-state index contributed by atoms with van der Waals surface area (Å²) in [7, 11) is 3.01. The molecule has 0 heterocycles. The summed E-state index contributed by atoms with van der Waals surface area (Å²) in [4.78, 5) is 11.5. The summed E-state index contributed by atoms with van der Waals surface area (Å²) >= 11 is 0. The third kappa shape index (κ3) is 4.98. The Balaban J connectivity index is 1.69. The second-order valence-electron chi connectivity index (χ2n) is 5.80. The van der Waals surface area contributed by atoms with Crippen molar-refractivity contribution in [3.05, 3.63) is 89.5 Å². The summed E-state index contributed by atoms with van der Waals surface area (Å²) in [6.07, 6.45) is 3.97. The number of methoxy groups -OCH3 is 2. The van der Waals surface area contributed by atoms with Crippen LogP contribution in [0.4, 0.5) is 0 Å². The monoisotopic (exact) mass is 360 g/mol. The number of benzene rings is 3. The lowest BCUT2D eigenvalue weighted by molar-refractivity contribution is 0.0600. The van der Waals surface area contributed by atoms with E-state index in [2.05, 4.69) is 0 Å². The Labute approximate surface area is 158 Å². The van der Waals surface area contributed by atoms with E-state index in [0.29, 0.717) is 5.56 Å². The van der Waals surface area contributed by atoms with Gasteiger partial charge in [-0.3, -0.25) is 0 Å². The van der Waals surface area contributed by atoms with Gasteiger partial charge in [-0.2, -0.15) is 0 Å². The zero-order chi connectivity index (χ0) is 19.1. The van der Waals surface area contributed by atoms with Crippen molar-refractivity contribution in [3.8, 4) is 17.2 Å². The van der Waals surface area contributed by atoms with E-state index in [1.54, 1.807) is 19.2 Å². The molecule has 0 fully saturated rings. The zero-order valence-corrected chi connectivity index (χ0v) is 15.2. The first-order chi connectivity index (χ1) is 13.2. The van der Waals surface area contributed by atoms with Crippen molar-refractivity contribution < 1.29 is 19.0 Å². The summed E-state index contributed by atoms with van der Waals surface area (Å²) in [6.45, 7) is 0. The van der Waals surface area contributed by atoms with Crippen LogP contribution >= 0.6 is 0 Å². The third-order valence-corrected chi connectivity index (χ3v) is 3.95. The van der Waals surface area contributed by atoms with E-state index >= 15 is 0 Å². The smallest absolute Gasteiger partial charge is 0.337 e. The molecule has 0 radical (unpaired) electrons. The average Bonchev–Trinajstić information content (AvgIpc) is 2.73. The maximum atomic E-state index is 11.5. The van der Waals surface area contributed by atoms with Crippen molar-refractivity contribution in [2.24, 2.45) is 0 Å². The highest BCUT2D eigenvalue weighted by molar-refractivity contribution is 5.89. The molecule has 0 spiro atoms. The van der Waals surface area contributed by atoms with E-state index in [4.69, 9.17) is 14.2 Å². The molecular weight excluding hydrogens is 340 g/mol. The summed E-state index contributed by atoms with van der Waals surface area (Å²) in [5.41, 5.74) is 2.53. The molecule has 4 nitrogen and oxygen atoms in total. The van der Waals surface area contributed by atoms with Crippen LogP contribution in [0.15, 0.2) is 72.8 Å². The standard InChI is InChI=1S/C23H20O4/c1-25-20-12-14-21(15-13-20)27-22-5-3-4-18(16-22)7-6-17-8-10-19(11-9-17)23(24)26-2/h3-16H,1-2H3. The first-order valence-corrected chi connectivity index (χ1v) is 8.46. The molecule has 0 bridgehead atoms. The minimum absolute atomic E-state index is 0.339. The lowest BCUT2D eigenvalue weighted by atomic mass is 10.1. The molecular formula is C23H20O4. The van der Waals surface area contributed by atoms with E-state index in [0.717, 1.165) is 28.4 Å². The summed E-state index contributed by atoms with van der Waals surface area (Å²) in [5, 5.41) is 0. The van der Waals surface area contributed by atoms with E-state index in [1.807, 2.05) is 72.8 Å². The van der Waals surface area contributed by atoms with Crippen LogP contribution in [-0.4, -0.2) is 20.2 Å². The van der Waals surface area contributed by atoms with E-state index in [-0.39, 0.29) is 5.97 Å². The number of ether oxygens (including phenoxy) is 3. The molecule has 0 amide bonds. The first-order valence-electron chi connectivity index (χ1n) is 8.46.